The summed E-state index contributed by atoms with van der Waals surface area (Å²) >= 11 is 0. The molecule has 74 valence electrons. The van der Waals surface area contributed by atoms with Gasteiger partial charge in [-0.3, -0.25) is 0 Å². The highest BCUT2D eigenvalue weighted by atomic mass is 19.3. The second-order valence-electron chi connectivity index (χ2n) is 2.53. The maximum Gasteiger partial charge on any atom is 0.344 e. The van der Waals surface area contributed by atoms with Crippen LogP contribution in [0.5, 0.6) is 5.75 Å². The van der Waals surface area contributed by atoms with Crippen LogP contribution in [0.15, 0.2) is 42.5 Å². The lowest BCUT2D eigenvalue weighted by molar-refractivity contribution is -0.131. The number of para-hydroxylation sites is 1. The van der Waals surface area contributed by atoms with Crippen molar-refractivity contribution >= 4 is 5.97 Å². The van der Waals surface area contributed by atoms with Gasteiger partial charge in [0, 0.05) is 0 Å². The monoisotopic (exact) mass is 198 g/mol. The molecule has 4 heteroatoms. The molecule has 0 aliphatic rings. The predicted octanol–water partition coefficient (Wildman–Crippen LogP) is 2.41. The normalized spacial score (nSPS) is 9.93. The third kappa shape index (κ3) is 2.65. The molecule has 0 N–H and O–H groups in total. The molecule has 1 rings (SSSR count). The molecule has 1 aromatic rings. The summed E-state index contributed by atoms with van der Waals surface area (Å²) in [5, 5.41) is 0. The lowest BCUT2D eigenvalue weighted by Gasteiger charge is -2.04. The summed E-state index contributed by atoms with van der Waals surface area (Å²) in [4.78, 5) is 11.0. The van der Waals surface area contributed by atoms with Gasteiger partial charge in [-0.05, 0) is 12.1 Å². The number of carbonyl (C=O) groups excluding carboxylic acids is 1. The Labute approximate surface area is 79.8 Å². The molecule has 0 spiro atoms. The average Bonchev–Trinajstić information content (AvgIpc) is 2.18. The largest absolute Gasteiger partial charge is 0.423 e. The van der Waals surface area contributed by atoms with E-state index in [1.807, 2.05) is 0 Å². The smallest absolute Gasteiger partial charge is 0.344 e. The van der Waals surface area contributed by atoms with Gasteiger partial charge in [-0.15, -0.1) is 0 Å². The van der Waals surface area contributed by atoms with Crippen molar-refractivity contribution in [3.05, 3.63) is 42.5 Å². The van der Waals surface area contributed by atoms with Crippen molar-refractivity contribution in [1.29, 1.82) is 0 Å². The van der Waals surface area contributed by atoms with Gasteiger partial charge in [0.2, 0.25) is 0 Å². The van der Waals surface area contributed by atoms with Crippen molar-refractivity contribution in [3.8, 4) is 5.75 Å². The van der Waals surface area contributed by atoms with E-state index in [-0.39, 0.29) is 5.75 Å². The van der Waals surface area contributed by atoms with Crippen molar-refractivity contribution in [2.45, 2.75) is 6.43 Å². The summed E-state index contributed by atoms with van der Waals surface area (Å²) in [6, 6.07) is 7.98. The van der Waals surface area contributed by atoms with Crippen LogP contribution < -0.4 is 4.74 Å². The number of rotatable bonds is 3. The van der Waals surface area contributed by atoms with Crippen LogP contribution in [0.1, 0.15) is 0 Å². The fourth-order valence-electron chi connectivity index (χ4n) is 0.750. The van der Waals surface area contributed by atoms with Crippen LogP contribution in [-0.4, -0.2) is 12.4 Å². The zero-order valence-electron chi connectivity index (χ0n) is 7.24. The van der Waals surface area contributed by atoms with E-state index in [1.54, 1.807) is 18.2 Å². The topological polar surface area (TPSA) is 26.3 Å². The highest BCUT2D eigenvalue weighted by molar-refractivity contribution is 5.90. The Morgan fingerprint density at radius 1 is 1.29 bits per heavy atom. The van der Waals surface area contributed by atoms with Crippen LogP contribution in [0.25, 0.3) is 0 Å². The van der Waals surface area contributed by atoms with Gasteiger partial charge in [0.15, 0.2) is 0 Å². The molecule has 0 fully saturated rings. The fraction of sp³-hybridized carbons (Fsp3) is 0.100. The first-order chi connectivity index (χ1) is 6.61. The van der Waals surface area contributed by atoms with Crippen LogP contribution in [0.4, 0.5) is 8.78 Å². The predicted molar refractivity (Wildman–Crippen MR) is 47.2 cm³/mol. The number of benzene rings is 1. The number of hydrogen-bond acceptors (Lipinski definition) is 2. The van der Waals surface area contributed by atoms with E-state index in [0.717, 1.165) is 0 Å². The van der Waals surface area contributed by atoms with Crippen molar-refractivity contribution in [3.63, 3.8) is 0 Å². The second-order valence-corrected chi connectivity index (χ2v) is 2.53. The highest BCUT2D eigenvalue weighted by Crippen LogP contribution is 2.13. The van der Waals surface area contributed by atoms with Gasteiger partial charge in [0.05, 0.1) is 5.57 Å². The number of hydrogen-bond donors (Lipinski definition) is 0. The molecule has 0 bridgehead atoms. The summed E-state index contributed by atoms with van der Waals surface area (Å²) in [5.74, 6) is -0.884. The van der Waals surface area contributed by atoms with E-state index >= 15 is 0 Å². The molecule has 0 radical (unpaired) electrons. The molecule has 0 unspecified atom stereocenters. The van der Waals surface area contributed by atoms with E-state index in [9.17, 15) is 13.6 Å². The highest BCUT2D eigenvalue weighted by Gasteiger charge is 2.18. The van der Waals surface area contributed by atoms with Crippen LogP contribution in [0, 0.1) is 0 Å². The Bertz CT molecular complexity index is 333. The standard InChI is InChI=1S/C10H8F2O2/c1-7(9(11)12)10(13)14-8-5-3-2-4-6-8/h2-6,9H,1H2. The zero-order valence-corrected chi connectivity index (χ0v) is 7.24. The van der Waals surface area contributed by atoms with Gasteiger partial charge in [-0.25, -0.2) is 13.6 Å². The van der Waals surface area contributed by atoms with Crippen molar-refractivity contribution in [1.82, 2.24) is 0 Å². The Hall–Kier alpha value is -1.71. The second kappa shape index (κ2) is 4.50. The molecular formula is C10H8F2O2. The minimum absolute atomic E-state index is 0.222. The maximum atomic E-state index is 12.0. The minimum Gasteiger partial charge on any atom is -0.423 e. The molecule has 0 amide bonds. The third-order valence-corrected chi connectivity index (χ3v) is 1.48. The Morgan fingerprint density at radius 3 is 2.36 bits per heavy atom. The van der Waals surface area contributed by atoms with Crippen molar-refractivity contribution in [2.75, 3.05) is 0 Å². The summed E-state index contributed by atoms with van der Waals surface area (Å²) < 4.78 is 28.6. The van der Waals surface area contributed by atoms with E-state index in [2.05, 4.69) is 11.3 Å². The molecule has 0 aromatic heterocycles. The van der Waals surface area contributed by atoms with E-state index in [0.29, 0.717) is 0 Å². The van der Waals surface area contributed by atoms with Gasteiger partial charge in [0.1, 0.15) is 5.75 Å². The quantitative estimate of drug-likeness (QED) is 0.423. The van der Waals surface area contributed by atoms with Crippen LogP contribution in [0.2, 0.25) is 0 Å². The number of halogens is 2. The molecule has 0 heterocycles. The lowest BCUT2D eigenvalue weighted by Crippen LogP contribution is -2.15. The SMILES string of the molecule is C=C(C(=O)Oc1ccccc1)C(F)F. The number of esters is 1. The molecule has 0 saturated carbocycles. The molecule has 1 aromatic carbocycles. The molecule has 0 atom stereocenters. The Balaban J connectivity index is 2.63. The minimum atomic E-state index is -2.88. The van der Waals surface area contributed by atoms with Gasteiger partial charge in [-0.1, -0.05) is 24.8 Å². The number of carbonyl (C=O) groups is 1. The molecule has 2 nitrogen and oxygen atoms in total. The van der Waals surface area contributed by atoms with Gasteiger partial charge in [0.25, 0.3) is 6.43 Å². The van der Waals surface area contributed by atoms with Crippen LogP contribution >= 0.6 is 0 Å². The summed E-state index contributed by atoms with van der Waals surface area (Å²) in [7, 11) is 0. The first-order valence-corrected chi connectivity index (χ1v) is 3.85. The summed E-state index contributed by atoms with van der Waals surface area (Å²) in [6.45, 7) is 2.93. The first-order valence-electron chi connectivity index (χ1n) is 3.85. The zero-order chi connectivity index (χ0) is 10.6. The van der Waals surface area contributed by atoms with Crippen molar-refractivity contribution < 1.29 is 18.3 Å². The van der Waals surface area contributed by atoms with E-state index < -0.39 is 18.0 Å². The molecular weight excluding hydrogens is 190 g/mol. The van der Waals surface area contributed by atoms with Crippen LogP contribution in [0.3, 0.4) is 0 Å². The average molecular weight is 198 g/mol. The van der Waals surface area contributed by atoms with Gasteiger partial charge in [-0.2, -0.15) is 0 Å². The van der Waals surface area contributed by atoms with Gasteiger partial charge >= 0.3 is 5.97 Å². The fourth-order valence-corrected chi connectivity index (χ4v) is 0.750. The van der Waals surface area contributed by atoms with Crippen LogP contribution in [-0.2, 0) is 4.79 Å². The summed E-state index contributed by atoms with van der Waals surface area (Å²) in [6.07, 6.45) is -2.88. The third-order valence-electron chi connectivity index (χ3n) is 1.48. The van der Waals surface area contributed by atoms with E-state index in [1.165, 1.54) is 12.1 Å². The van der Waals surface area contributed by atoms with E-state index in [4.69, 9.17) is 0 Å². The Kier molecular flexibility index (Phi) is 3.34. The molecule has 14 heavy (non-hydrogen) atoms. The first kappa shape index (κ1) is 10.4. The van der Waals surface area contributed by atoms with Crippen molar-refractivity contribution in [2.24, 2.45) is 0 Å². The van der Waals surface area contributed by atoms with Gasteiger partial charge < -0.3 is 4.74 Å². The number of alkyl halides is 2. The molecule has 0 saturated heterocycles. The lowest BCUT2D eigenvalue weighted by atomic mass is 10.3. The molecule has 0 aliphatic carbocycles. The molecule has 0 aliphatic heterocycles. The summed E-state index contributed by atoms with van der Waals surface area (Å²) in [5.41, 5.74) is -0.839. The number of ether oxygens (including phenoxy) is 1. The Morgan fingerprint density at radius 2 is 1.86 bits per heavy atom. The maximum absolute atomic E-state index is 12.0.